The molecule has 0 saturated heterocycles. The molecule has 4 nitrogen and oxygen atoms in total. The van der Waals surface area contributed by atoms with Crippen LogP contribution in [0.15, 0.2) is 18.2 Å². The average Bonchev–Trinajstić information content (AvgIpc) is 2.76. The normalized spacial score (nSPS) is 10.4. The molecule has 0 N–H and O–H groups in total. The number of ether oxygens (including phenoxy) is 2. The van der Waals surface area contributed by atoms with E-state index in [2.05, 4.69) is 51.0 Å². The second kappa shape index (κ2) is 7.11. The van der Waals surface area contributed by atoms with Crippen molar-refractivity contribution in [2.75, 3.05) is 14.2 Å². The molecule has 0 aliphatic rings. The summed E-state index contributed by atoms with van der Waals surface area (Å²) >= 11 is 0. The van der Waals surface area contributed by atoms with Gasteiger partial charge in [-0.2, -0.15) is 0 Å². The third kappa shape index (κ3) is 3.48. The summed E-state index contributed by atoms with van der Waals surface area (Å²) in [7, 11) is 3.31. The van der Waals surface area contributed by atoms with Crippen molar-refractivity contribution in [1.29, 1.82) is 0 Å². The van der Waals surface area contributed by atoms with Crippen molar-refractivity contribution >= 4 is 0 Å². The molecule has 0 amide bonds. The number of aromatic nitrogens is 2. The first-order valence-corrected chi connectivity index (χ1v) is 6.77. The number of nitrogens with zero attached hydrogens (tertiary/aromatic N) is 2. The Bertz CT molecular complexity index is 601. The number of benzene rings is 1. The molecule has 0 atom stereocenters. The van der Waals surface area contributed by atoms with E-state index in [9.17, 15) is 0 Å². The third-order valence-electron chi connectivity index (χ3n) is 3.22. The molecular weight excluding hydrogens is 359 g/mol. The molecule has 21 heavy (non-hydrogen) atoms. The monoisotopic (exact) mass is 380 g/mol. The van der Waals surface area contributed by atoms with Crippen LogP contribution in [0.4, 0.5) is 0 Å². The first kappa shape index (κ1) is 17.7. The van der Waals surface area contributed by atoms with E-state index in [-0.39, 0.29) is 26.5 Å². The van der Waals surface area contributed by atoms with Crippen LogP contribution < -0.4 is 9.47 Å². The topological polar surface area (TPSA) is 36.3 Å². The number of aryl methyl sites for hydroxylation is 2. The Labute approximate surface area is 140 Å². The van der Waals surface area contributed by atoms with Crippen molar-refractivity contribution in [3.05, 3.63) is 29.3 Å². The molecule has 2 rings (SSSR count). The molecule has 118 valence electrons. The number of hydrogen-bond acceptors (Lipinski definition) is 3. The van der Waals surface area contributed by atoms with Gasteiger partial charge in [0.15, 0.2) is 0 Å². The second-order valence-corrected chi connectivity index (χ2v) is 5.31. The van der Waals surface area contributed by atoms with Crippen LogP contribution in [0.3, 0.4) is 0 Å². The van der Waals surface area contributed by atoms with Gasteiger partial charge in [-0.15, -0.1) is 5.10 Å². The predicted octanol–water partition coefficient (Wildman–Crippen LogP) is 3.76. The molecule has 0 aliphatic heterocycles. The van der Waals surface area contributed by atoms with E-state index in [0.717, 1.165) is 17.0 Å². The molecule has 1 heterocycles. The van der Waals surface area contributed by atoms with Gasteiger partial charge in [-0.1, -0.05) is 29.3 Å². The Morgan fingerprint density at radius 1 is 1.00 bits per heavy atom. The Kier molecular flexibility index (Phi) is 6.00. The molecule has 5 heteroatoms. The van der Waals surface area contributed by atoms with Crippen molar-refractivity contribution in [3.63, 3.8) is 0 Å². The summed E-state index contributed by atoms with van der Waals surface area (Å²) in [5, 5.41) is 4.50. The molecule has 0 saturated carbocycles. The van der Waals surface area contributed by atoms with Crippen LogP contribution in [0.2, 0.25) is 0 Å². The minimum Gasteiger partial charge on any atom is -0.481 e. The van der Waals surface area contributed by atoms with E-state index < -0.39 is 0 Å². The Balaban J connectivity index is 0.00000220. The SMILES string of the molecule is COc1nn(C(C)C)c(OC)c1-c1cc(C)cc(C)c1.[Pd]. The molecule has 0 fully saturated rings. The Hall–Kier alpha value is -1.31. The maximum Gasteiger partial charge on any atom is 0.244 e. The fourth-order valence-corrected chi connectivity index (χ4v) is 2.45. The van der Waals surface area contributed by atoms with Gasteiger partial charge in [0.1, 0.15) is 5.56 Å². The minimum atomic E-state index is 0. The third-order valence-corrected chi connectivity index (χ3v) is 3.22. The molecular formula is C16H22N2O2Pd. The maximum absolute atomic E-state index is 5.57. The first-order chi connectivity index (χ1) is 9.47. The van der Waals surface area contributed by atoms with Crippen molar-refractivity contribution in [1.82, 2.24) is 9.78 Å². The minimum absolute atomic E-state index is 0. The molecule has 0 bridgehead atoms. The fourth-order valence-electron chi connectivity index (χ4n) is 2.45. The molecule has 0 unspecified atom stereocenters. The summed E-state index contributed by atoms with van der Waals surface area (Å²) in [6.45, 7) is 8.31. The van der Waals surface area contributed by atoms with E-state index in [1.807, 2.05) is 4.68 Å². The van der Waals surface area contributed by atoms with E-state index in [1.165, 1.54) is 11.1 Å². The summed E-state index contributed by atoms with van der Waals surface area (Å²) in [4.78, 5) is 0. The Morgan fingerprint density at radius 2 is 1.57 bits per heavy atom. The summed E-state index contributed by atoms with van der Waals surface area (Å²) in [6, 6.07) is 6.60. The molecule has 2 aromatic rings. The summed E-state index contributed by atoms with van der Waals surface area (Å²) < 4.78 is 12.9. The summed E-state index contributed by atoms with van der Waals surface area (Å²) in [5.74, 6) is 1.34. The van der Waals surface area contributed by atoms with Crippen molar-refractivity contribution in [3.8, 4) is 22.9 Å². The van der Waals surface area contributed by atoms with Gasteiger partial charge in [-0.05, 0) is 33.3 Å². The van der Waals surface area contributed by atoms with Gasteiger partial charge in [-0.25, -0.2) is 4.68 Å². The number of methoxy groups -OCH3 is 2. The van der Waals surface area contributed by atoms with Gasteiger partial charge < -0.3 is 9.47 Å². The number of hydrogen-bond donors (Lipinski definition) is 0. The first-order valence-electron chi connectivity index (χ1n) is 6.77. The predicted molar refractivity (Wildman–Crippen MR) is 80.6 cm³/mol. The summed E-state index contributed by atoms with van der Waals surface area (Å²) in [5.41, 5.74) is 4.40. The Morgan fingerprint density at radius 3 is 2.00 bits per heavy atom. The zero-order valence-corrected chi connectivity index (χ0v) is 14.9. The maximum atomic E-state index is 5.57. The molecule has 0 radical (unpaired) electrons. The standard InChI is InChI=1S/C16H22N2O2.Pd/c1-10(2)18-16(20-6)14(15(17-18)19-5)13-8-11(3)7-12(4)9-13;/h7-10H,1-6H3;. The number of rotatable bonds is 4. The van der Waals surface area contributed by atoms with E-state index in [4.69, 9.17) is 9.47 Å². The zero-order chi connectivity index (χ0) is 14.9. The fraction of sp³-hybridized carbons (Fsp3) is 0.438. The van der Waals surface area contributed by atoms with Crippen LogP contribution in [0.25, 0.3) is 11.1 Å². The van der Waals surface area contributed by atoms with Crippen LogP contribution in [0.5, 0.6) is 11.8 Å². The van der Waals surface area contributed by atoms with Gasteiger partial charge in [0, 0.05) is 20.4 Å². The van der Waals surface area contributed by atoms with Crippen LogP contribution in [0.1, 0.15) is 31.0 Å². The van der Waals surface area contributed by atoms with Crippen LogP contribution in [-0.2, 0) is 20.4 Å². The van der Waals surface area contributed by atoms with Gasteiger partial charge in [-0.3, -0.25) is 0 Å². The van der Waals surface area contributed by atoms with Crippen molar-refractivity contribution < 1.29 is 29.9 Å². The van der Waals surface area contributed by atoms with Gasteiger partial charge in [0.05, 0.1) is 20.3 Å². The second-order valence-electron chi connectivity index (χ2n) is 5.31. The van der Waals surface area contributed by atoms with Crippen molar-refractivity contribution in [2.45, 2.75) is 33.7 Å². The van der Waals surface area contributed by atoms with Gasteiger partial charge >= 0.3 is 0 Å². The van der Waals surface area contributed by atoms with Crippen LogP contribution in [0, 0.1) is 13.8 Å². The van der Waals surface area contributed by atoms with Gasteiger partial charge in [0.2, 0.25) is 11.8 Å². The molecule has 0 aliphatic carbocycles. The van der Waals surface area contributed by atoms with Crippen molar-refractivity contribution in [2.24, 2.45) is 0 Å². The largest absolute Gasteiger partial charge is 0.481 e. The van der Waals surface area contributed by atoms with Gasteiger partial charge in [0.25, 0.3) is 0 Å². The van der Waals surface area contributed by atoms with Crippen LogP contribution in [-0.4, -0.2) is 24.0 Å². The molecule has 1 aromatic heterocycles. The quantitative estimate of drug-likeness (QED) is 0.758. The smallest absolute Gasteiger partial charge is 0.244 e. The van der Waals surface area contributed by atoms with E-state index in [0.29, 0.717) is 5.88 Å². The average molecular weight is 381 g/mol. The molecule has 1 aromatic carbocycles. The zero-order valence-electron chi connectivity index (χ0n) is 13.3. The van der Waals surface area contributed by atoms with E-state index in [1.54, 1.807) is 14.2 Å². The van der Waals surface area contributed by atoms with Crippen LogP contribution >= 0.6 is 0 Å². The molecule has 0 spiro atoms. The van der Waals surface area contributed by atoms with E-state index >= 15 is 0 Å². The summed E-state index contributed by atoms with van der Waals surface area (Å²) in [6.07, 6.45) is 0.